The molecule has 0 saturated carbocycles. The SMILES string of the molecule is CCNCc1ccc(-n2ccnc2)cc1Cl. The van der Waals surface area contributed by atoms with Crippen LogP contribution in [-0.4, -0.2) is 16.1 Å². The van der Waals surface area contributed by atoms with Crippen molar-refractivity contribution >= 4 is 11.6 Å². The predicted octanol–water partition coefficient (Wildman–Crippen LogP) is 2.64. The van der Waals surface area contributed by atoms with E-state index in [4.69, 9.17) is 11.6 Å². The number of rotatable bonds is 4. The molecule has 2 aromatic rings. The highest BCUT2D eigenvalue weighted by molar-refractivity contribution is 6.31. The van der Waals surface area contributed by atoms with E-state index in [0.29, 0.717) is 0 Å². The normalized spacial score (nSPS) is 10.6. The third-order valence-corrected chi connectivity index (χ3v) is 2.76. The number of benzene rings is 1. The van der Waals surface area contributed by atoms with Crippen molar-refractivity contribution in [3.05, 3.63) is 47.5 Å². The smallest absolute Gasteiger partial charge is 0.0991 e. The first-order chi connectivity index (χ1) is 7.81. The van der Waals surface area contributed by atoms with Crippen LogP contribution in [0.3, 0.4) is 0 Å². The predicted molar refractivity (Wildman–Crippen MR) is 66.0 cm³/mol. The molecule has 84 valence electrons. The van der Waals surface area contributed by atoms with Crippen molar-refractivity contribution in [3.63, 3.8) is 0 Å². The average molecular weight is 236 g/mol. The molecule has 16 heavy (non-hydrogen) atoms. The Balaban J connectivity index is 2.23. The minimum absolute atomic E-state index is 0.784. The Hall–Kier alpha value is -1.32. The standard InChI is InChI=1S/C12H14ClN3/c1-2-14-8-10-3-4-11(7-12(10)13)16-6-5-15-9-16/h3-7,9,14H,2,8H2,1H3. The number of nitrogens with one attached hydrogen (secondary N) is 1. The van der Waals surface area contributed by atoms with Gasteiger partial charge in [0.1, 0.15) is 0 Å². The van der Waals surface area contributed by atoms with E-state index in [0.717, 1.165) is 29.4 Å². The summed E-state index contributed by atoms with van der Waals surface area (Å²) in [5.41, 5.74) is 2.15. The molecule has 3 nitrogen and oxygen atoms in total. The fourth-order valence-corrected chi connectivity index (χ4v) is 1.75. The lowest BCUT2D eigenvalue weighted by Gasteiger charge is -2.08. The molecule has 1 aromatic heterocycles. The second-order valence-electron chi connectivity index (χ2n) is 3.53. The number of halogens is 1. The molecule has 0 bridgehead atoms. The van der Waals surface area contributed by atoms with Gasteiger partial charge in [-0.3, -0.25) is 0 Å². The summed E-state index contributed by atoms with van der Waals surface area (Å²) in [5.74, 6) is 0. The highest BCUT2D eigenvalue weighted by atomic mass is 35.5. The van der Waals surface area contributed by atoms with Gasteiger partial charge in [-0.05, 0) is 24.2 Å². The number of hydrogen-bond donors (Lipinski definition) is 1. The molecule has 0 aliphatic rings. The van der Waals surface area contributed by atoms with Gasteiger partial charge in [-0.1, -0.05) is 24.6 Å². The number of aromatic nitrogens is 2. The van der Waals surface area contributed by atoms with Crippen LogP contribution in [-0.2, 0) is 6.54 Å². The second-order valence-corrected chi connectivity index (χ2v) is 3.93. The van der Waals surface area contributed by atoms with E-state index >= 15 is 0 Å². The molecule has 1 aromatic carbocycles. The van der Waals surface area contributed by atoms with Crippen LogP contribution < -0.4 is 5.32 Å². The van der Waals surface area contributed by atoms with Gasteiger partial charge in [0.25, 0.3) is 0 Å². The van der Waals surface area contributed by atoms with Crippen molar-refractivity contribution in [2.75, 3.05) is 6.54 Å². The van der Waals surface area contributed by atoms with Crippen molar-refractivity contribution in [3.8, 4) is 5.69 Å². The Morgan fingerprint density at radius 3 is 2.94 bits per heavy atom. The van der Waals surface area contributed by atoms with Gasteiger partial charge in [0.2, 0.25) is 0 Å². The zero-order valence-corrected chi connectivity index (χ0v) is 9.91. The maximum Gasteiger partial charge on any atom is 0.0991 e. The minimum atomic E-state index is 0.784. The molecule has 0 amide bonds. The molecule has 0 fully saturated rings. The largest absolute Gasteiger partial charge is 0.313 e. The molecule has 0 aliphatic carbocycles. The Morgan fingerprint density at radius 1 is 1.44 bits per heavy atom. The summed E-state index contributed by atoms with van der Waals surface area (Å²) in [5, 5.41) is 4.04. The fraction of sp³-hybridized carbons (Fsp3) is 0.250. The van der Waals surface area contributed by atoms with Crippen LogP contribution in [0.25, 0.3) is 5.69 Å². The van der Waals surface area contributed by atoms with Gasteiger partial charge in [0.15, 0.2) is 0 Å². The summed E-state index contributed by atoms with van der Waals surface area (Å²) < 4.78 is 1.93. The van der Waals surface area contributed by atoms with Gasteiger partial charge in [-0.2, -0.15) is 0 Å². The Morgan fingerprint density at radius 2 is 2.31 bits per heavy atom. The maximum absolute atomic E-state index is 6.21. The summed E-state index contributed by atoms with van der Waals surface area (Å²) in [7, 11) is 0. The Bertz CT molecular complexity index is 451. The van der Waals surface area contributed by atoms with Crippen LogP contribution in [0.2, 0.25) is 5.02 Å². The highest BCUT2D eigenvalue weighted by Crippen LogP contribution is 2.20. The first-order valence-corrected chi connectivity index (χ1v) is 5.66. The molecule has 2 rings (SSSR count). The molecule has 1 heterocycles. The van der Waals surface area contributed by atoms with E-state index in [1.807, 2.05) is 29.0 Å². The third-order valence-electron chi connectivity index (χ3n) is 2.40. The molecular formula is C12H14ClN3. The lowest BCUT2D eigenvalue weighted by Crippen LogP contribution is -2.12. The van der Waals surface area contributed by atoms with Gasteiger partial charge >= 0.3 is 0 Å². The average Bonchev–Trinajstić information content (AvgIpc) is 2.81. The Labute approximate surface area is 100 Å². The van der Waals surface area contributed by atoms with E-state index in [2.05, 4.69) is 17.2 Å². The van der Waals surface area contributed by atoms with Crippen LogP contribution in [0.4, 0.5) is 0 Å². The van der Waals surface area contributed by atoms with E-state index in [-0.39, 0.29) is 0 Å². The van der Waals surface area contributed by atoms with E-state index in [9.17, 15) is 0 Å². The van der Waals surface area contributed by atoms with Crippen molar-refractivity contribution < 1.29 is 0 Å². The summed E-state index contributed by atoms with van der Waals surface area (Å²) in [6.07, 6.45) is 5.41. The van der Waals surface area contributed by atoms with Gasteiger partial charge in [-0.25, -0.2) is 4.98 Å². The van der Waals surface area contributed by atoms with Crippen LogP contribution in [0, 0.1) is 0 Å². The fourth-order valence-electron chi connectivity index (χ4n) is 1.51. The van der Waals surface area contributed by atoms with Crippen LogP contribution in [0.5, 0.6) is 0 Å². The number of imidazole rings is 1. The first kappa shape index (κ1) is 11.2. The molecule has 0 spiro atoms. The molecule has 0 aliphatic heterocycles. The van der Waals surface area contributed by atoms with Crippen LogP contribution >= 0.6 is 11.6 Å². The van der Waals surface area contributed by atoms with Crippen molar-refractivity contribution in [2.45, 2.75) is 13.5 Å². The molecule has 4 heteroatoms. The van der Waals surface area contributed by atoms with Crippen molar-refractivity contribution in [2.24, 2.45) is 0 Å². The first-order valence-electron chi connectivity index (χ1n) is 5.28. The Kier molecular flexibility index (Phi) is 3.59. The number of hydrogen-bond acceptors (Lipinski definition) is 2. The highest BCUT2D eigenvalue weighted by Gasteiger charge is 2.02. The van der Waals surface area contributed by atoms with Crippen molar-refractivity contribution in [1.82, 2.24) is 14.9 Å². The minimum Gasteiger partial charge on any atom is -0.313 e. The quantitative estimate of drug-likeness (QED) is 0.883. The molecule has 0 unspecified atom stereocenters. The van der Waals surface area contributed by atoms with Gasteiger partial charge in [-0.15, -0.1) is 0 Å². The molecule has 0 saturated heterocycles. The zero-order chi connectivity index (χ0) is 11.4. The van der Waals surface area contributed by atoms with E-state index < -0.39 is 0 Å². The second kappa shape index (κ2) is 5.14. The van der Waals surface area contributed by atoms with Gasteiger partial charge in [0, 0.05) is 29.6 Å². The van der Waals surface area contributed by atoms with Gasteiger partial charge in [0.05, 0.1) is 6.33 Å². The molecule has 1 N–H and O–H groups in total. The lowest BCUT2D eigenvalue weighted by molar-refractivity contribution is 0.727. The summed E-state index contributed by atoms with van der Waals surface area (Å²) in [6.45, 7) is 3.83. The number of nitrogens with zero attached hydrogens (tertiary/aromatic N) is 2. The summed E-state index contributed by atoms with van der Waals surface area (Å²) in [6, 6.07) is 6.04. The lowest BCUT2D eigenvalue weighted by atomic mass is 10.2. The van der Waals surface area contributed by atoms with E-state index in [1.54, 1.807) is 12.5 Å². The van der Waals surface area contributed by atoms with Crippen LogP contribution in [0.1, 0.15) is 12.5 Å². The third kappa shape index (κ3) is 2.43. The summed E-state index contributed by atoms with van der Waals surface area (Å²) >= 11 is 6.21. The molecular weight excluding hydrogens is 222 g/mol. The van der Waals surface area contributed by atoms with E-state index in [1.165, 1.54) is 0 Å². The molecule has 0 atom stereocenters. The topological polar surface area (TPSA) is 29.9 Å². The zero-order valence-electron chi connectivity index (χ0n) is 9.15. The maximum atomic E-state index is 6.21. The summed E-state index contributed by atoms with van der Waals surface area (Å²) in [4.78, 5) is 4.01. The monoisotopic (exact) mass is 235 g/mol. The molecule has 0 radical (unpaired) electrons. The van der Waals surface area contributed by atoms with Crippen LogP contribution in [0.15, 0.2) is 36.9 Å². The van der Waals surface area contributed by atoms with Crippen molar-refractivity contribution in [1.29, 1.82) is 0 Å². The van der Waals surface area contributed by atoms with Gasteiger partial charge < -0.3 is 9.88 Å².